The van der Waals surface area contributed by atoms with Gasteiger partial charge < -0.3 is 10.1 Å². The van der Waals surface area contributed by atoms with Gasteiger partial charge in [-0.15, -0.1) is 0 Å². The number of rotatable bonds is 2. The van der Waals surface area contributed by atoms with E-state index in [0.29, 0.717) is 12.1 Å². The summed E-state index contributed by atoms with van der Waals surface area (Å²) in [5.41, 5.74) is 2.96. The van der Waals surface area contributed by atoms with Crippen LogP contribution in [0.25, 0.3) is 0 Å². The molecule has 0 radical (unpaired) electrons. The minimum absolute atomic E-state index is 0.523. The molecule has 0 saturated carbocycles. The molecule has 1 N–H and O–H groups in total. The number of benzene rings is 1. The summed E-state index contributed by atoms with van der Waals surface area (Å²) in [5.74, 6) is 0.985. The zero-order valence-electron chi connectivity index (χ0n) is 12.0. The van der Waals surface area contributed by atoms with E-state index < -0.39 is 0 Å². The number of hydrogen-bond acceptors (Lipinski definition) is 3. The lowest BCUT2D eigenvalue weighted by molar-refractivity contribution is 0.163. The molecule has 2 unspecified atom stereocenters. The maximum absolute atomic E-state index is 5.36. The molecule has 3 heteroatoms. The highest BCUT2D eigenvalue weighted by Crippen LogP contribution is 2.35. The molecular weight excluding hydrogens is 236 g/mol. The summed E-state index contributed by atoms with van der Waals surface area (Å²) in [7, 11) is 4.00. The second kappa shape index (κ2) is 5.51. The Morgan fingerprint density at radius 2 is 2.21 bits per heavy atom. The minimum atomic E-state index is 0.523. The molecule has 0 aliphatic carbocycles. The molecule has 3 nitrogen and oxygen atoms in total. The van der Waals surface area contributed by atoms with Crippen LogP contribution in [-0.4, -0.2) is 38.2 Å². The van der Waals surface area contributed by atoms with Crippen LogP contribution in [0.5, 0.6) is 5.75 Å². The molecule has 0 aromatic heterocycles. The summed E-state index contributed by atoms with van der Waals surface area (Å²) in [6, 6.07) is 7.72. The van der Waals surface area contributed by atoms with Gasteiger partial charge in [0, 0.05) is 12.6 Å². The number of nitrogens with zero attached hydrogens (tertiary/aromatic N) is 1. The van der Waals surface area contributed by atoms with Crippen molar-refractivity contribution in [3.05, 3.63) is 29.3 Å². The number of piperidine rings is 1. The first-order chi connectivity index (χ1) is 9.29. The number of nitrogens with one attached hydrogen (secondary N) is 1. The highest BCUT2D eigenvalue weighted by atomic mass is 16.5. The van der Waals surface area contributed by atoms with E-state index in [2.05, 4.69) is 35.5 Å². The van der Waals surface area contributed by atoms with Gasteiger partial charge in [0.25, 0.3) is 0 Å². The van der Waals surface area contributed by atoms with Crippen molar-refractivity contribution in [2.24, 2.45) is 0 Å². The van der Waals surface area contributed by atoms with E-state index in [1.807, 2.05) is 0 Å². The van der Waals surface area contributed by atoms with Gasteiger partial charge in [-0.3, -0.25) is 4.90 Å². The summed E-state index contributed by atoms with van der Waals surface area (Å²) in [6.07, 6.45) is 5.10. The van der Waals surface area contributed by atoms with Crippen molar-refractivity contribution in [2.45, 2.75) is 37.8 Å². The quantitative estimate of drug-likeness (QED) is 0.883. The van der Waals surface area contributed by atoms with Crippen LogP contribution in [-0.2, 0) is 6.42 Å². The van der Waals surface area contributed by atoms with Crippen molar-refractivity contribution < 1.29 is 4.74 Å². The van der Waals surface area contributed by atoms with E-state index in [1.54, 1.807) is 7.11 Å². The Morgan fingerprint density at radius 1 is 1.32 bits per heavy atom. The largest absolute Gasteiger partial charge is 0.497 e. The van der Waals surface area contributed by atoms with E-state index in [9.17, 15) is 0 Å². The predicted octanol–water partition coefficient (Wildman–Crippen LogP) is 2.37. The van der Waals surface area contributed by atoms with E-state index in [1.165, 1.54) is 36.9 Å². The maximum Gasteiger partial charge on any atom is 0.119 e. The average Bonchev–Trinajstić information content (AvgIpc) is 2.47. The number of hydrogen-bond donors (Lipinski definition) is 1. The lowest BCUT2D eigenvalue weighted by atomic mass is 9.85. The molecule has 2 heterocycles. The van der Waals surface area contributed by atoms with Gasteiger partial charge >= 0.3 is 0 Å². The molecule has 1 aromatic carbocycles. The zero-order valence-corrected chi connectivity index (χ0v) is 12.0. The van der Waals surface area contributed by atoms with Gasteiger partial charge in [0.05, 0.1) is 13.2 Å². The summed E-state index contributed by atoms with van der Waals surface area (Å²) < 4.78 is 5.36. The van der Waals surface area contributed by atoms with Gasteiger partial charge in [-0.2, -0.15) is 0 Å². The highest BCUT2D eigenvalue weighted by Gasteiger charge is 2.32. The molecule has 2 aliphatic heterocycles. The molecule has 3 rings (SSSR count). The molecule has 19 heavy (non-hydrogen) atoms. The fraction of sp³-hybridized carbons (Fsp3) is 0.625. The Morgan fingerprint density at radius 3 is 2.95 bits per heavy atom. The Bertz CT molecular complexity index is 440. The van der Waals surface area contributed by atoms with Gasteiger partial charge in [-0.05, 0) is 56.1 Å². The second-order valence-corrected chi connectivity index (χ2v) is 5.80. The first-order valence-electron chi connectivity index (χ1n) is 7.40. The molecule has 0 amide bonds. The van der Waals surface area contributed by atoms with Crippen molar-refractivity contribution in [3.8, 4) is 5.75 Å². The van der Waals surface area contributed by atoms with E-state index in [-0.39, 0.29) is 0 Å². The first-order valence-corrected chi connectivity index (χ1v) is 7.40. The molecule has 0 spiro atoms. The van der Waals surface area contributed by atoms with Crippen molar-refractivity contribution in [3.63, 3.8) is 0 Å². The van der Waals surface area contributed by atoms with E-state index in [4.69, 9.17) is 4.74 Å². The normalized spacial score (nSPS) is 27.9. The van der Waals surface area contributed by atoms with Crippen LogP contribution in [0.15, 0.2) is 18.2 Å². The fourth-order valence-electron chi connectivity index (χ4n) is 3.56. The molecule has 0 bridgehead atoms. The lowest BCUT2D eigenvalue weighted by Crippen LogP contribution is -2.47. The zero-order chi connectivity index (χ0) is 13.2. The van der Waals surface area contributed by atoms with Crippen molar-refractivity contribution in [1.82, 2.24) is 10.2 Å². The van der Waals surface area contributed by atoms with Crippen LogP contribution >= 0.6 is 0 Å². The third-order valence-electron chi connectivity index (χ3n) is 4.61. The van der Waals surface area contributed by atoms with Crippen LogP contribution in [0.4, 0.5) is 0 Å². The third-order valence-corrected chi connectivity index (χ3v) is 4.61. The number of fused-ring (bicyclic) bond motifs is 1. The van der Waals surface area contributed by atoms with Crippen LogP contribution < -0.4 is 10.1 Å². The molecular formula is C16H24N2O. The Labute approximate surface area is 115 Å². The van der Waals surface area contributed by atoms with Gasteiger partial charge in [0.15, 0.2) is 0 Å². The molecule has 1 saturated heterocycles. The van der Waals surface area contributed by atoms with Crippen molar-refractivity contribution >= 4 is 0 Å². The van der Waals surface area contributed by atoms with Gasteiger partial charge in [-0.25, -0.2) is 0 Å². The van der Waals surface area contributed by atoms with Gasteiger partial charge in [0.2, 0.25) is 0 Å². The monoisotopic (exact) mass is 260 g/mol. The van der Waals surface area contributed by atoms with E-state index in [0.717, 1.165) is 18.7 Å². The average molecular weight is 260 g/mol. The lowest BCUT2D eigenvalue weighted by Gasteiger charge is -2.41. The molecule has 104 valence electrons. The second-order valence-electron chi connectivity index (χ2n) is 5.80. The topological polar surface area (TPSA) is 24.5 Å². The van der Waals surface area contributed by atoms with Crippen LogP contribution in [0.2, 0.25) is 0 Å². The number of ether oxygens (including phenoxy) is 1. The maximum atomic E-state index is 5.36. The third kappa shape index (κ3) is 2.49. The van der Waals surface area contributed by atoms with Crippen molar-refractivity contribution in [1.29, 1.82) is 0 Å². The Balaban J connectivity index is 1.91. The SMILES string of the molecule is COc1ccc2c(c1)CCN(C)C2C1CCCCN1. The van der Waals surface area contributed by atoms with Gasteiger partial charge in [0.1, 0.15) is 5.75 Å². The van der Waals surface area contributed by atoms with Gasteiger partial charge in [-0.1, -0.05) is 12.5 Å². The van der Waals surface area contributed by atoms with Crippen molar-refractivity contribution in [2.75, 3.05) is 27.2 Å². The Hall–Kier alpha value is -1.06. The summed E-state index contributed by atoms with van der Waals surface area (Å²) in [5, 5.41) is 3.72. The van der Waals surface area contributed by atoms with Crippen LogP contribution in [0.3, 0.4) is 0 Å². The first kappa shape index (κ1) is 12.9. The summed E-state index contributed by atoms with van der Waals surface area (Å²) in [6.45, 7) is 2.31. The minimum Gasteiger partial charge on any atom is -0.497 e. The van der Waals surface area contributed by atoms with Crippen LogP contribution in [0.1, 0.15) is 36.4 Å². The van der Waals surface area contributed by atoms with E-state index >= 15 is 0 Å². The number of methoxy groups -OCH3 is 1. The van der Waals surface area contributed by atoms with Crippen LogP contribution in [0, 0.1) is 0 Å². The highest BCUT2D eigenvalue weighted by molar-refractivity contribution is 5.40. The molecule has 1 aromatic rings. The number of likely N-dealkylation sites (N-methyl/N-ethyl adjacent to an activating group) is 1. The summed E-state index contributed by atoms with van der Waals surface area (Å²) >= 11 is 0. The fourth-order valence-corrected chi connectivity index (χ4v) is 3.56. The smallest absolute Gasteiger partial charge is 0.119 e. The summed E-state index contributed by atoms with van der Waals surface area (Å²) in [4.78, 5) is 2.51. The molecule has 2 atom stereocenters. The Kier molecular flexibility index (Phi) is 3.76. The predicted molar refractivity (Wildman–Crippen MR) is 77.7 cm³/mol. The standard InChI is InChI=1S/C16H24N2O/c1-18-10-8-12-11-13(19-2)6-7-14(12)16(18)15-5-3-4-9-17-15/h6-7,11,15-17H,3-5,8-10H2,1-2H3. The molecule has 2 aliphatic rings. The molecule has 1 fully saturated rings.